The molecule has 4 aromatic rings. The first-order valence-corrected chi connectivity index (χ1v) is 12.0. The first-order valence-electron chi connectivity index (χ1n) is 10.2. The predicted octanol–water partition coefficient (Wildman–Crippen LogP) is 5.43. The summed E-state index contributed by atoms with van der Waals surface area (Å²) < 4.78 is 0. The molecule has 0 bridgehead atoms. The van der Waals surface area contributed by atoms with Crippen LogP contribution in [0.25, 0.3) is 10.6 Å². The van der Waals surface area contributed by atoms with Crippen LogP contribution in [0.2, 0.25) is 0 Å². The Morgan fingerprint density at radius 1 is 1.00 bits per heavy atom. The van der Waals surface area contributed by atoms with E-state index in [-0.39, 0.29) is 11.8 Å². The number of carbonyl (C=O) groups is 2. The van der Waals surface area contributed by atoms with E-state index >= 15 is 0 Å². The Labute approximate surface area is 195 Å². The summed E-state index contributed by atoms with van der Waals surface area (Å²) in [5, 5.41) is 7.83. The van der Waals surface area contributed by atoms with Crippen LogP contribution in [0.1, 0.15) is 31.3 Å². The number of rotatable bonds is 7. The second-order valence-electron chi connectivity index (χ2n) is 7.37. The van der Waals surface area contributed by atoms with E-state index in [9.17, 15) is 9.59 Å². The van der Waals surface area contributed by atoms with Crippen LogP contribution in [-0.4, -0.2) is 30.4 Å². The van der Waals surface area contributed by atoms with Gasteiger partial charge in [-0.25, -0.2) is 4.98 Å². The fraction of sp³-hybridized carbons (Fsp3) is 0.160. The zero-order valence-electron chi connectivity index (χ0n) is 17.9. The van der Waals surface area contributed by atoms with Gasteiger partial charge < -0.3 is 10.2 Å². The van der Waals surface area contributed by atoms with Crippen molar-refractivity contribution in [2.24, 2.45) is 0 Å². The summed E-state index contributed by atoms with van der Waals surface area (Å²) in [7, 11) is 1.69. The van der Waals surface area contributed by atoms with Gasteiger partial charge in [0, 0.05) is 31.0 Å². The number of nitrogens with one attached hydrogen (secondary N) is 1. The molecule has 2 aromatic heterocycles. The molecule has 2 amide bonds. The summed E-state index contributed by atoms with van der Waals surface area (Å²) in [4.78, 5) is 32.4. The van der Waals surface area contributed by atoms with Crippen molar-refractivity contribution in [3.8, 4) is 10.6 Å². The average molecular weight is 462 g/mol. The van der Waals surface area contributed by atoms with Gasteiger partial charge in [0.2, 0.25) is 0 Å². The smallest absolute Gasteiger partial charge is 0.268 e. The first-order chi connectivity index (χ1) is 15.5. The molecule has 0 spiro atoms. The minimum atomic E-state index is -0.208. The van der Waals surface area contributed by atoms with Crippen LogP contribution in [0.15, 0.2) is 71.4 Å². The van der Waals surface area contributed by atoms with Crippen molar-refractivity contribution < 1.29 is 9.59 Å². The van der Waals surface area contributed by atoms with Crippen LogP contribution in [0, 0.1) is 6.92 Å². The molecule has 2 aromatic carbocycles. The van der Waals surface area contributed by atoms with Crippen LogP contribution < -0.4 is 10.2 Å². The highest BCUT2D eigenvalue weighted by Gasteiger charge is 2.20. The normalized spacial score (nSPS) is 10.7. The maximum absolute atomic E-state index is 12.9. The van der Waals surface area contributed by atoms with Gasteiger partial charge in [0.25, 0.3) is 11.8 Å². The van der Waals surface area contributed by atoms with Gasteiger partial charge in [-0.2, -0.15) is 0 Å². The van der Waals surface area contributed by atoms with Gasteiger partial charge in [-0.1, -0.05) is 48.0 Å². The van der Waals surface area contributed by atoms with E-state index in [0.29, 0.717) is 29.1 Å². The summed E-state index contributed by atoms with van der Waals surface area (Å²) in [6.45, 7) is 2.53. The highest BCUT2D eigenvalue weighted by molar-refractivity contribution is 7.13. The molecular weight excluding hydrogens is 438 g/mol. The monoisotopic (exact) mass is 461 g/mol. The summed E-state index contributed by atoms with van der Waals surface area (Å²) in [5.74, 6) is -0.341. The number of para-hydroxylation sites is 1. The van der Waals surface area contributed by atoms with Crippen LogP contribution in [0.3, 0.4) is 0 Å². The number of benzene rings is 2. The number of nitrogens with zero attached hydrogens (tertiary/aromatic N) is 2. The molecule has 0 aliphatic carbocycles. The topological polar surface area (TPSA) is 62.3 Å². The maximum Gasteiger partial charge on any atom is 0.268 e. The molecule has 162 valence electrons. The van der Waals surface area contributed by atoms with Crippen LogP contribution in [0.4, 0.5) is 5.69 Å². The van der Waals surface area contributed by atoms with Gasteiger partial charge in [-0.15, -0.1) is 22.7 Å². The molecule has 0 saturated heterocycles. The quantitative estimate of drug-likeness (QED) is 0.399. The lowest BCUT2D eigenvalue weighted by Crippen LogP contribution is -2.31. The Morgan fingerprint density at radius 3 is 2.53 bits per heavy atom. The Morgan fingerprint density at radius 2 is 1.78 bits per heavy atom. The number of hydrogen-bond acceptors (Lipinski definition) is 5. The van der Waals surface area contributed by atoms with Crippen LogP contribution >= 0.6 is 22.7 Å². The minimum Gasteiger partial charge on any atom is -0.352 e. The fourth-order valence-electron chi connectivity index (χ4n) is 3.28. The van der Waals surface area contributed by atoms with E-state index < -0.39 is 0 Å². The van der Waals surface area contributed by atoms with E-state index in [2.05, 4.69) is 36.5 Å². The first kappa shape index (κ1) is 21.9. The van der Waals surface area contributed by atoms with Crippen LogP contribution in [0.5, 0.6) is 0 Å². The van der Waals surface area contributed by atoms with Gasteiger partial charge in [-0.3, -0.25) is 9.59 Å². The summed E-state index contributed by atoms with van der Waals surface area (Å²) in [5.41, 5.74) is 4.32. The van der Waals surface area contributed by atoms with Crippen molar-refractivity contribution >= 4 is 40.2 Å². The Balaban J connectivity index is 1.39. The van der Waals surface area contributed by atoms with Crippen molar-refractivity contribution in [1.29, 1.82) is 0 Å². The van der Waals surface area contributed by atoms with Crippen molar-refractivity contribution in [1.82, 2.24) is 10.3 Å². The van der Waals surface area contributed by atoms with Gasteiger partial charge in [0.05, 0.1) is 21.8 Å². The van der Waals surface area contributed by atoms with Crippen molar-refractivity contribution in [3.05, 3.63) is 93.1 Å². The third-order valence-electron chi connectivity index (χ3n) is 5.06. The lowest BCUT2D eigenvalue weighted by Gasteiger charge is -2.19. The standard InChI is InChI=1S/C25H23N3O2S2/c1-17-9-11-18(12-10-17)24-27-19(16-32-24)13-14-26-23(29)20-6-3-4-7-21(20)28(2)25(30)22-8-5-15-31-22/h3-12,15-16H,13-14H2,1-2H3,(H,26,29). The minimum absolute atomic E-state index is 0.133. The molecular formula is C25H23N3O2S2. The SMILES string of the molecule is Cc1ccc(-c2nc(CCNC(=O)c3ccccc3N(C)C(=O)c3cccs3)cs2)cc1. The van der Waals surface area contributed by atoms with E-state index in [1.54, 1.807) is 42.6 Å². The van der Waals surface area contributed by atoms with Crippen molar-refractivity contribution in [2.45, 2.75) is 13.3 Å². The highest BCUT2D eigenvalue weighted by atomic mass is 32.1. The number of hydrogen-bond donors (Lipinski definition) is 1. The molecule has 0 aliphatic rings. The van der Waals surface area contributed by atoms with Gasteiger partial charge >= 0.3 is 0 Å². The van der Waals surface area contributed by atoms with Gasteiger partial charge in [0.15, 0.2) is 0 Å². The van der Waals surface area contributed by atoms with E-state index in [0.717, 1.165) is 16.3 Å². The van der Waals surface area contributed by atoms with E-state index in [1.807, 2.05) is 22.9 Å². The second kappa shape index (κ2) is 9.89. The molecule has 0 fully saturated rings. The predicted molar refractivity (Wildman–Crippen MR) is 132 cm³/mol. The maximum atomic E-state index is 12.9. The number of carbonyl (C=O) groups excluding carboxylic acids is 2. The number of aryl methyl sites for hydroxylation is 1. The second-order valence-corrected chi connectivity index (χ2v) is 9.18. The lowest BCUT2D eigenvalue weighted by atomic mass is 10.1. The largest absolute Gasteiger partial charge is 0.352 e. The molecule has 7 heteroatoms. The zero-order valence-corrected chi connectivity index (χ0v) is 19.5. The van der Waals surface area contributed by atoms with Crippen molar-refractivity contribution in [3.63, 3.8) is 0 Å². The van der Waals surface area contributed by atoms with Crippen molar-refractivity contribution in [2.75, 3.05) is 18.5 Å². The molecule has 0 radical (unpaired) electrons. The number of thiophene rings is 1. The fourth-order valence-corrected chi connectivity index (χ4v) is 4.84. The third-order valence-corrected chi connectivity index (χ3v) is 6.86. The Bertz CT molecular complexity index is 1210. The van der Waals surface area contributed by atoms with Crippen LogP contribution in [-0.2, 0) is 6.42 Å². The van der Waals surface area contributed by atoms with E-state index in [4.69, 9.17) is 4.98 Å². The third kappa shape index (κ3) is 4.95. The number of anilines is 1. The number of thiazole rings is 1. The molecule has 1 N–H and O–H groups in total. The molecule has 0 unspecified atom stereocenters. The van der Waals surface area contributed by atoms with E-state index in [1.165, 1.54) is 21.8 Å². The molecule has 5 nitrogen and oxygen atoms in total. The molecule has 0 aliphatic heterocycles. The molecule has 32 heavy (non-hydrogen) atoms. The molecule has 0 saturated carbocycles. The van der Waals surface area contributed by atoms with Gasteiger partial charge in [0.1, 0.15) is 5.01 Å². The molecule has 2 heterocycles. The number of aromatic nitrogens is 1. The highest BCUT2D eigenvalue weighted by Crippen LogP contribution is 2.25. The summed E-state index contributed by atoms with van der Waals surface area (Å²) >= 11 is 2.99. The summed E-state index contributed by atoms with van der Waals surface area (Å²) in [6, 6.07) is 19.1. The molecule has 0 atom stereocenters. The zero-order chi connectivity index (χ0) is 22.5. The molecule has 4 rings (SSSR count). The average Bonchev–Trinajstić information content (AvgIpc) is 3.51. The summed E-state index contributed by atoms with van der Waals surface area (Å²) in [6.07, 6.45) is 0.639. The lowest BCUT2D eigenvalue weighted by molar-refractivity contribution is 0.0954. The van der Waals surface area contributed by atoms with Gasteiger partial charge in [-0.05, 0) is 30.5 Å². The Kier molecular flexibility index (Phi) is 6.78. The Hall–Kier alpha value is -3.29. The number of amides is 2.